The molecule has 8 heteroatoms. The Bertz CT molecular complexity index is 1180. The molecule has 0 bridgehead atoms. The lowest BCUT2D eigenvalue weighted by Gasteiger charge is -2.35. The number of halogens is 1. The van der Waals surface area contributed by atoms with Gasteiger partial charge in [0.05, 0.1) is 14.0 Å². The Morgan fingerprint density at radius 3 is 2.43 bits per heavy atom. The van der Waals surface area contributed by atoms with Crippen LogP contribution in [0.25, 0.3) is 10.2 Å². The first-order valence-corrected chi connectivity index (χ1v) is 12.0. The zero-order chi connectivity index (χ0) is 20.5. The molecule has 0 N–H and O–H groups in total. The van der Waals surface area contributed by atoms with Crippen molar-refractivity contribution in [2.45, 2.75) is 0 Å². The normalized spacial score (nSPS) is 14.3. The first-order chi connectivity index (χ1) is 14.7. The van der Waals surface area contributed by atoms with Crippen LogP contribution in [0.5, 0.6) is 5.75 Å². The summed E-state index contributed by atoms with van der Waals surface area (Å²) in [6.45, 7) is 3.81. The van der Waals surface area contributed by atoms with E-state index in [9.17, 15) is 4.79 Å². The molecule has 2 aromatic heterocycles. The molecule has 3 heterocycles. The maximum Gasteiger partial charge on any atom is 0.353 e. The molecule has 0 saturated carbocycles. The largest absolute Gasteiger partial charge is 0.422 e. The third-order valence-corrected chi connectivity index (χ3v) is 7.69. The lowest BCUT2D eigenvalue weighted by atomic mass is 10.2. The molecule has 4 aromatic rings. The first kappa shape index (κ1) is 19.5. The topological polar surface area (TPSA) is 45.7 Å². The molecule has 1 saturated heterocycles. The third-order valence-electron chi connectivity index (χ3n) is 5.01. The molecule has 5 nitrogen and oxygen atoms in total. The van der Waals surface area contributed by atoms with Crippen LogP contribution in [-0.4, -0.2) is 37.1 Å². The summed E-state index contributed by atoms with van der Waals surface area (Å²) in [5.74, 6) is 0.202. The van der Waals surface area contributed by atoms with Gasteiger partial charge in [-0.15, -0.1) is 11.3 Å². The van der Waals surface area contributed by atoms with Gasteiger partial charge in [0, 0.05) is 37.9 Å². The standard InChI is InChI=1S/C22H18BrN3O2S2/c23-20-9-8-18(29-20)21(27)28-16-6-7-17-19(14-16)30-22(24-17)26-12-10-25(11-13-26)15-4-2-1-3-5-15/h1-9,14H,10-13H2. The molecule has 5 rings (SSSR count). The van der Waals surface area contributed by atoms with E-state index in [4.69, 9.17) is 9.72 Å². The summed E-state index contributed by atoms with van der Waals surface area (Å²) in [5.41, 5.74) is 2.20. The average Bonchev–Trinajstić information content (AvgIpc) is 3.40. The molecule has 1 aliphatic heterocycles. The maximum absolute atomic E-state index is 12.3. The Morgan fingerprint density at radius 2 is 1.70 bits per heavy atom. The van der Waals surface area contributed by atoms with E-state index in [1.807, 2.05) is 24.3 Å². The minimum absolute atomic E-state index is 0.341. The second-order valence-corrected chi connectivity index (χ2v) is 10.4. The first-order valence-electron chi connectivity index (χ1n) is 9.59. The number of thiophene rings is 1. The molecule has 30 heavy (non-hydrogen) atoms. The predicted molar refractivity (Wildman–Crippen MR) is 127 cm³/mol. The summed E-state index contributed by atoms with van der Waals surface area (Å²) in [6.07, 6.45) is 0. The highest BCUT2D eigenvalue weighted by Crippen LogP contribution is 2.33. The van der Waals surface area contributed by atoms with Gasteiger partial charge >= 0.3 is 5.97 Å². The van der Waals surface area contributed by atoms with Crippen LogP contribution in [0.2, 0.25) is 0 Å². The number of para-hydroxylation sites is 1. The van der Waals surface area contributed by atoms with E-state index < -0.39 is 0 Å². The van der Waals surface area contributed by atoms with Gasteiger partial charge in [-0.3, -0.25) is 0 Å². The van der Waals surface area contributed by atoms with Crippen molar-refractivity contribution in [1.29, 1.82) is 0 Å². The third kappa shape index (κ3) is 4.08. The van der Waals surface area contributed by atoms with E-state index in [0.29, 0.717) is 10.6 Å². The molecule has 1 fully saturated rings. The van der Waals surface area contributed by atoms with Gasteiger partial charge in [0.2, 0.25) is 0 Å². The minimum atomic E-state index is -0.341. The summed E-state index contributed by atoms with van der Waals surface area (Å²) >= 11 is 6.38. The van der Waals surface area contributed by atoms with Gasteiger partial charge in [-0.1, -0.05) is 29.5 Å². The van der Waals surface area contributed by atoms with E-state index in [2.05, 4.69) is 50.0 Å². The van der Waals surface area contributed by atoms with Gasteiger partial charge in [0.15, 0.2) is 5.13 Å². The van der Waals surface area contributed by atoms with Gasteiger partial charge in [0.25, 0.3) is 0 Å². The molecular weight excluding hydrogens is 482 g/mol. The van der Waals surface area contributed by atoms with Gasteiger partial charge < -0.3 is 14.5 Å². The van der Waals surface area contributed by atoms with Crippen LogP contribution in [0, 0.1) is 0 Å². The van der Waals surface area contributed by atoms with E-state index in [-0.39, 0.29) is 5.97 Å². The second-order valence-electron chi connectivity index (χ2n) is 6.93. The van der Waals surface area contributed by atoms with Crippen LogP contribution < -0.4 is 14.5 Å². The van der Waals surface area contributed by atoms with E-state index in [1.54, 1.807) is 23.5 Å². The number of carbonyl (C=O) groups is 1. The predicted octanol–water partition coefficient (Wildman–Crippen LogP) is 5.67. The smallest absolute Gasteiger partial charge is 0.353 e. The fraction of sp³-hybridized carbons (Fsp3) is 0.182. The number of rotatable bonds is 4. The second kappa shape index (κ2) is 8.37. The average molecular weight is 500 g/mol. The number of hydrogen-bond donors (Lipinski definition) is 0. The van der Waals surface area contributed by atoms with E-state index >= 15 is 0 Å². The SMILES string of the molecule is O=C(Oc1ccc2nc(N3CCN(c4ccccc4)CC3)sc2c1)c1ccc(Br)s1. The number of aromatic nitrogens is 1. The van der Waals surface area contributed by atoms with E-state index in [0.717, 1.165) is 45.3 Å². The summed E-state index contributed by atoms with van der Waals surface area (Å²) in [6, 6.07) is 19.8. The summed E-state index contributed by atoms with van der Waals surface area (Å²) in [7, 11) is 0. The summed E-state index contributed by atoms with van der Waals surface area (Å²) in [5, 5.41) is 1.02. The maximum atomic E-state index is 12.3. The van der Waals surface area contributed by atoms with Crippen molar-refractivity contribution in [3.8, 4) is 5.75 Å². The molecule has 2 aromatic carbocycles. The highest BCUT2D eigenvalue weighted by atomic mass is 79.9. The lowest BCUT2D eigenvalue weighted by Crippen LogP contribution is -2.46. The summed E-state index contributed by atoms with van der Waals surface area (Å²) in [4.78, 5) is 22.4. The number of piperazine rings is 1. The van der Waals surface area contributed by atoms with Crippen LogP contribution in [0.15, 0.2) is 64.5 Å². The number of nitrogens with zero attached hydrogens (tertiary/aromatic N) is 3. The quantitative estimate of drug-likeness (QED) is 0.267. The van der Waals surface area contributed by atoms with Crippen molar-refractivity contribution in [2.75, 3.05) is 36.0 Å². The molecule has 152 valence electrons. The molecule has 0 radical (unpaired) electrons. The number of benzene rings is 2. The molecule has 0 unspecified atom stereocenters. The monoisotopic (exact) mass is 499 g/mol. The Morgan fingerprint density at radius 1 is 0.933 bits per heavy atom. The molecular formula is C22H18BrN3O2S2. The van der Waals surface area contributed by atoms with Crippen LogP contribution in [0.3, 0.4) is 0 Å². The van der Waals surface area contributed by atoms with Crippen molar-refractivity contribution >= 4 is 65.6 Å². The highest BCUT2D eigenvalue weighted by Gasteiger charge is 2.20. The molecule has 0 amide bonds. The number of carbonyl (C=O) groups excluding carboxylic acids is 1. The van der Waals surface area contributed by atoms with Gasteiger partial charge in [-0.25, -0.2) is 9.78 Å². The van der Waals surface area contributed by atoms with Gasteiger partial charge in [-0.05, 0) is 52.3 Å². The van der Waals surface area contributed by atoms with Crippen molar-refractivity contribution < 1.29 is 9.53 Å². The van der Waals surface area contributed by atoms with Crippen LogP contribution in [0.4, 0.5) is 10.8 Å². The van der Waals surface area contributed by atoms with Gasteiger partial charge in [0.1, 0.15) is 10.6 Å². The molecule has 0 spiro atoms. The molecule has 1 aliphatic rings. The number of hydrogen-bond acceptors (Lipinski definition) is 7. The zero-order valence-electron chi connectivity index (χ0n) is 16.0. The lowest BCUT2D eigenvalue weighted by molar-refractivity contribution is 0.0740. The number of thiazole rings is 1. The molecule has 0 aliphatic carbocycles. The Labute approximate surface area is 190 Å². The number of anilines is 2. The fourth-order valence-corrected chi connectivity index (χ4v) is 5.78. The Kier molecular flexibility index (Phi) is 5.45. The summed E-state index contributed by atoms with van der Waals surface area (Å²) < 4.78 is 7.48. The highest BCUT2D eigenvalue weighted by molar-refractivity contribution is 9.11. The van der Waals surface area contributed by atoms with Crippen LogP contribution >= 0.6 is 38.6 Å². The van der Waals surface area contributed by atoms with Crippen LogP contribution in [0.1, 0.15) is 9.67 Å². The van der Waals surface area contributed by atoms with Crippen molar-refractivity contribution in [2.24, 2.45) is 0 Å². The van der Waals surface area contributed by atoms with Crippen molar-refractivity contribution in [3.63, 3.8) is 0 Å². The van der Waals surface area contributed by atoms with Crippen molar-refractivity contribution in [3.05, 3.63) is 69.3 Å². The fourth-order valence-electron chi connectivity index (χ4n) is 3.47. The molecule has 0 atom stereocenters. The van der Waals surface area contributed by atoms with E-state index in [1.165, 1.54) is 17.0 Å². The minimum Gasteiger partial charge on any atom is -0.422 e. The van der Waals surface area contributed by atoms with Crippen LogP contribution in [-0.2, 0) is 0 Å². The Hall–Kier alpha value is -2.42. The number of esters is 1. The van der Waals surface area contributed by atoms with Gasteiger partial charge in [-0.2, -0.15) is 0 Å². The Balaban J connectivity index is 1.28. The zero-order valence-corrected chi connectivity index (χ0v) is 19.2. The van der Waals surface area contributed by atoms with Crippen molar-refractivity contribution in [1.82, 2.24) is 4.98 Å². The number of fused-ring (bicyclic) bond motifs is 1. The number of ether oxygens (including phenoxy) is 1.